The molecule has 6 heteroatoms. The van der Waals surface area contributed by atoms with E-state index < -0.39 is 7.60 Å². The smallest absolute Gasteiger partial charge is 0.253 e. The number of hydrogen-bond donors (Lipinski definition) is 0. The van der Waals surface area contributed by atoms with E-state index in [1.807, 2.05) is 6.07 Å². The van der Waals surface area contributed by atoms with Crippen LogP contribution in [0.1, 0.15) is 0 Å². The van der Waals surface area contributed by atoms with E-state index in [-0.39, 0.29) is 0 Å². The highest BCUT2D eigenvalue weighted by Gasteiger charge is 2.25. The summed E-state index contributed by atoms with van der Waals surface area (Å²) in [7, 11) is -3.06. The van der Waals surface area contributed by atoms with E-state index in [0.29, 0.717) is 5.30 Å². The Hall–Kier alpha value is 0.830. The molecule has 0 bridgehead atoms. The zero-order valence-corrected chi connectivity index (χ0v) is 11.0. The summed E-state index contributed by atoms with van der Waals surface area (Å²) in [6, 6.07) is 8.82. The molecule has 0 unspecified atom stereocenters. The summed E-state index contributed by atoms with van der Waals surface area (Å²) in [6.07, 6.45) is 0. The summed E-state index contributed by atoms with van der Waals surface area (Å²) in [4.78, 5) is 0. The average Bonchev–Trinajstić information content (AvgIpc) is 2.18. The minimum Gasteiger partial charge on any atom is -0.253 e. The lowest BCUT2D eigenvalue weighted by atomic mass is 10.4. The van der Waals surface area contributed by atoms with Crippen LogP contribution in [0.2, 0.25) is 0 Å². The molecule has 12 heavy (non-hydrogen) atoms. The molecule has 0 heterocycles. The van der Waals surface area contributed by atoms with Crippen LogP contribution >= 0.6 is 53.6 Å². The molecule has 1 rings (SSSR count). The number of rotatable bonds is 3. The molecule has 1 aromatic rings. The minimum atomic E-state index is -3.06. The summed E-state index contributed by atoms with van der Waals surface area (Å²) in [5.74, 6) is 0. The molecule has 0 fully saturated rings. The lowest BCUT2D eigenvalue weighted by Crippen LogP contribution is -2.02. The van der Waals surface area contributed by atoms with Crippen LogP contribution in [0, 0.1) is 0 Å². The third kappa shape index (κ3) is 2.41. The monoisotopic (exact) mass is 410 g/mol. The Morgan fingerprint density at radius 1 is 1.08 bits per heavy atom. The van der Waals surface area contributed by atoms with Crippen molar-refractivity contribution in [2.75, 3.05) is 0 Å². The second-order valence-corrected chi connectivity index (χ2v) is 6.12. The first-order chi connectivity index (χ1) is 5.73. The summed E-state index contributed by atoms with van der Waals surface area (Å²) in [6.45, 7) is 0. The lowest BCUT2D eigenvalue weighted by molar-refractivity contribution is 0.478. The summed E-state index contributed by atoms with van der Waals surface area (Å²) >= 11 is 3.15. The normalized spacial score (nSPS) is 11.5. The van der Waals surface area contributed by atoms with Crippen LogP contribution in [0.15, 0.2) is 30.3 Å². The molecule has 0 atom stereocenters. The van der Waals surface area contributed by atoms with Crippen LogP contribution < -0.4 is 5.30 Å². The van der Waals surface area contributed by atoms with Crippen molar-refractivity contribution in [3.63, 3.8) is 0 Å². The van der Waals surface area contributed by atoms with E-state index in [0.717, 1.165) is 0 Å². The largest absolute Gasteiger partial charge is 0.380 e. The van der Waals surface area contributed by atoms with Crippen LogP contribution in [-0.4, -0.2) is 0 Å². The van der Waals surface area contributed by atoms with E-state index >= 15 is 0 Å². The van der Waals surface area contributed by atoms with Crippen molar-refractivity contribution in [2.24, 2.45) is 0 Å². The molecule has 0 saturated carbocycles. The van der Waals surface area contributed by atoms with Crippen molar-refractivity contribution in [3.05, 3.63) is 30.3 Å². The van der Waals surface area contributed by atoms with Crippen molar-refractivity contribution in [1.29, 1.82) is 0 Å². The van der Waals surface area contributed by atoms with Gasteiger partial charge in [-0.25, -0.2) is 5.71 Å². The van der Waals surface area contributed by atoms with Crippen molar-refractivity contribution in [1.82, 2.24) is 0 Å². The Kier molecular flexibility index (Phi) is 4.45. The van der Waals surface area contributed by atoms with Gasteiger partial charge in [0.15, 0.2) is 0 Å². The second kappa shape index (κ2) is 4.90. The Bertz CT molecular complexity index is 282. The van der Waals surface area contributed by atoms with Gasteiger partial charge in [-0.3, -0.25) is 4.57 Å². The lowest BCUT2D eigenvalue weighted by Gasteiger charge is -2.09. The first-order valence-corrected chi connectivity index (χ1v) is 6.29. The fraction of sp³-hybridized carbons (Fsp3) is 0. The number of halogens is 2. The van der Waals surface area contributed by atoms with E-state index in [2.05, 4.69) is 0 Å². The molecule has 66 valence electrons. The molecular weight excluding hydrogens is 405 g/mol. The third-order valence-corrected chi connectivity index (χ3v) is 5.66. The molecule has 0 radical (unpaired) electrons. The predicted octanol–water partition coefficient (Wildman–Crippen LogP) is 3.24. The predicted molar refractivity (Wildman–Crippen MR) is 63.9 cm³/mol. The van der Waals surface area contributed by atoms with Gasteiger partial charge >= 0.3 is 7.60 Å². The molecule has 0 aliphatic rings. The zero-order chi connectivity index (χ0) is 9.03. The molecule has 0 N–H and O–H groups in total. The summed E-state index contributed by atoms with van der Waals surface area (Å²) in [5, 5.41) is 0.564. The van der Waals surface area contributed by atoms with Crippen LogP contribution in [0.25, 0.3) is 0 Å². The van der Waals surface area contributed by atoms with Crippen LogP contribution in [-0.2, 0) is 10.3 Å². The molecule has 0 saturated heterocycles. The highest BCUT2D eigenvalue weighted by Crippen LogP contribution is 2.50. The Balaban J connectivity index is 3.04. The SMILES string of the molecule is O=P(OI)(OI)c1ccccc1. The highest BCUT2D eigenvalue weighted by molar-refractivity contribution is 14.1. The molecule has 0 aliphatic carbocycles. The van der Waals surface area contributed by atoms with Gasteiger partial charge in [0.25, 0.3) is 0 Å². The van der Waals surface area contributed by atoms with Gasteiger partial charge < -0.3 is 0 Å². The van der Waals surface area contributed by atoms with Crippen LogP contribution in [0.4, 0.5) is 0 Å². The van der Waals surface area contributed by atoms with Gasteiger partial charge in [-0.1, -0.05) is 18.2 Å². The molecule has 0 spiro atoms. The Morgan fingerprint density at radius 2 is 1.58 bits per heavy atom. The first kappa shape index (κ1) is 10.9. The van der Waals surface area contributed by atoms with E-state index in [4.69, 9.17) is 5.71 Å². The van der Waals surface area contributed by atoms with E-state index in [1.165, 1.54) is 0 Å². The van der Waals surface area contributed by atoms with E-state index in [9.17, 15) is 4.57 Å². The second-order valence-electron chi connectivity index (χ2n) is 1.97. The fourth-order valence-electron chi connectivity index (χ4n) is 0.701. The van der Waals surface area contributed by atoms with Crippen molar-refractivity contribution in [2.45, 2.75) is 0 Å². The maximum absolute atomic E-state index is 11.7. The number of benzene rings is 1. The summed E-state index contributed by atoms with van der Waals surface area (Å²) in [5.41, 5.74) is 0. The molecule has 0 aromatic heterocycles. The molecule has 3 nitrogen and oxygen atoms in total. The van der Waals surface area contributed by atoms with Crippen LogP contribution in [0.5, 0.6) is 0 Å². The zero-order valence-electron chi connectivity index (χ0n) is 5.81. The van der Waals surface area contributed by atoms with Crippen LogP contribution in [0.3, 0.4) is 0 Å². The van der Waals surface area contributed by atoms with Gasteiger partial charge in [0.05, 0.1) is 5.30 Å². The first-order valence-electron chi connectivity index (χ1n) is 2.99. The highest BCUT2D eigenvalue weighted by atomic mass is 127. The van der Waals surface area contributed by atoms with Crippen molar-refractivity contribution < 1.29 is 10.3 Å². The van der Waals surface area contributed by atoms with Crippen molar-refractivity contribution >= 4 is 58.9 Å². The average molecular weight is 410 g/mol. The van der Waals surface area contributed by atoms with Gasteiger partial charge in [-0.05, 0) is 12.1 Å². The fourth-order valence-corrected chi connectivity index (χ4v) is 4.19. The summed E-state index contributed by atoms with van der Waals surface area (Å²) < 4.78 is 21.2. The Morgan fingerprint density at radius 3 is 2.00 bits per heavy atom. The Labute approximate surface area is 98.7 Å². The standard InChI is InChI=1S/C6H5I2O3P/c7-10-12(9,11-8)6-4-2-1-3-5-6/h1-5H. The third-order valence-electron chi connectivity index (χ3n) is 1.25. The molecule has 0 amide bonds. The quantitative estimate of drug-likeness (QED) is 0.568. The van der Waals surface area contributed by atoms with Crippen molar-refractivity contribution in [3.8, 4) is 0 Å². The van der Waals surface area contributed by atoms with Gasteiger partial charge in [0.2, 0.25) is 0 Å². The maximum atomic E-state index is 11.7. The molecular formula is C6H5I2O3P. The van der Waals surface area contributed by atoms with E-state index in [1.54, 1.807) is 70.3 Å². The topological polar surface area (TPSA) is 35.5 Å². The van der Waals surface area contributed by atoms with Gasteiger partial charge in [-0.2, -0.15) is 0 Å². The number of hydrogen-bond acceptors (Lipinski definition) is 3. The van der Waals surface area contributed by atoms with Gasteiger partial charge in [-0.15, -0.1) is 0 Å². The maximum Gasteiger partial charge on any atom is 0.380 e. The molecule has 0 aliphatic heterocycles. The van der Waals surface area contributed by atoms with Gasteiger partial charge in [0, 0.05) is 0 Å². The van der Waals surface area contributed by atoms with Gasteiger partial charge in [0.1, 0.15) is 46.0 Å². The minimum absolute atomic E-state index is 0.564. The molecule has 1 aromatic carbocycles.